The van der Waals surface area contributed by atoms with E-state index in [2.05, 4.69) is 16.0 Å². The van der Waals surface area contributed by atoms with Crippen molar-refractivity contribution in [2.24, 2.45) is 0 Å². The van der Waals surface area contributed by atoms with E-state index in [4.69, 9.17) is 8.37 Å². The Morgan fingerprint density at radius 1 is 0.702 bits per heavy atom. The Hall–Kier alpha value is -5.34. The predicted octanol–water partition coefficient (Wildman–Crippen LogP) is 5.00. The molecule has 244 valence electrons. The molecule has 12 nitrogen and oxygen atoms in total. The number of allylic oxidation sites excluding steroid dienone is 1. The molecule has 2 heterocycles. The molecule has 4 aromatic rings. The average molecular weight is 677 g/mol. The van der Waals surface area contributed by atoms with E-state index in [0.29, 0.717) is 23.6 Å². The van der Waals surface area contributed by atoms with Gasteiger partial charge in [-0.15, -0.1) is 0 Å². The predicted molar refractivity (Wildman–Crippen MR) is 179 cm³/mol. The third kappa shape index (κ3) is 8.48. The topological polar surface area (TPSA) is 160 Å². The molecule has 0 bridgehead atoms. The van der Waals surface area contributed by atoms with Gasteiger partial charge in [0, 0.05) is 6.54 Å². The van der Waals surface area contributed by atoms with Crippen LogP contribution in [-0.2, 0) is 29.8 Å². The number of para-hydroxylation sites is 2. The van der Waals surface area contributed by atoms with Crippen LogP contribution in [0.3, 0.4) is 0 Å². The zero-order valence-electron chi connectivity index (χ0n) is 25.5. The largest absolute Gasteiger partial charge is 0.379 e. The molecule has 0 radical (unpaired) electrons. The number of hydrogen-bond donors (Lipinski definition) is 3. The van der Waals surface area contributed by atoms with E-state index in [0.717, 1.165) is 11.3 Å². The Morgan fingerprint density at radius 3 is 1.81 bits per heavy atom. The molecule has 0 aromatic heterocycles. The van der Waals surface area contributed by atoms with Crippen molar-refractivity contribution in [2.75, 3.05) is 40.5 Å². The van der Waals surface area contributed by atoms with Crippen molar-refractivity contribution in [3.05, 3.63) is 109 Å². The fraction of sp³-hybridized carbons (Fsp3) is 0.152. The maximum Gasteiger partial charge on any atom is 0.339 e. The molecule has 0 atom stereocenters. The Labute approximate surface area is 273 Å². The van der Waals surface area contributed by atoms with Gasteiger partial charge in [0.05, 0.1) is 35.8 Å². The zero-order chi connectivity index (χ0) is 33.6. The van der Waals surface area contributed by atoms with Crippen LogP contribution in [0.4, 0.5) is 22.7 Å². The molecule has 6 rings (SSSR count). The summed E-state index contributed by atoms with van der Waals surface area (Å²) in [5.41, 5.74) is 3.48. The highest BCUT2D eigenvalue weighted by atomic mass is 32.2. The second kappa shape index (κ2) is 14.0. The van der Waals surface area contributed by atoms with Crippen molar-refractivity contribution in [3.8, 4) is 11.5 Å². The molecule has 0 unspecified atom stereocenters. The smallest absolute Gasteiger partial charge is 0.339 e. The first-order chi connectivity index (χ1) is 22.4. The SMILES string of the molecule is CC(C)=CCN1CC(=O)Nc2cc(S(=O)(=O)Oc3ccccc3)ccc21.O=C1CNc2ccc(S(=O)(=O)Oc3ccccc3)cc2N1. The van der Waals surface area contributed by atoms with Gasteiger partial charge < -0.3 is 29.2 Å². The summed E-state index contributed by atoms with van der Waals surface area (Å²) in [6, 6.07) is 25.5. The monoisotopic (exact) mass is 676 g/mol. The van der Waals surface area contributed by atoms with Crippen LogP contribution in [0.15, 0.2) is 119 Å². The minimum Gasteiger partial charge on any atom is -0.379 e. The van der Waals surface area contributed by atoms with Gasteiger partial charge in [0.2, 0.25) is 11.8 Å². The van der Waals surface area contributed by atoms with Gasteiger partial charge in [0.15, 0.2) is 0 Å². The summed E-state index contributed by atoms with van der Waals surface area (Å²) in [6.07, 6.45) is 2.02. The van der Waals surface area contributed by atoms with Crippen LogP contribution in [0.2, 0.25) is 0 Å². The lowest BCUT2D eigenvalue weighted by molar-refractivity contribution is -0.115. The average Bonchev–Trinajstić information content (AvgIpc) is 3.03. The molecule has 4 aromatic carbocycles. The second-order valence-electron chi connectivity index (χ2n) is 10.7. The van der Waals surface area contributed by atoms with E-state index in [1.165, 1.54) is 24.3 Å². The number of carbonyl (C=O) groups excluding carboxylic acids is 2. The number of carbonyl (C=O) groups is 2. The number of rotatable bonds is 8. The molecule has 0 saturated carbocycles. The van der Waals surface area contributed by atoms with E-state index in [9.17, 15) is 26.4 Å². The Bertz CT molecular complexity index is 2030. The molecule has 3 N–H and O–H groups in total. The molecule has 0 fully saturated rings. The summed E-state index contributed by atoms with van der Waals surface area (Å²) in [5.74, 6) is 0.0658. The maximum atomic E-state index is 12.5. The molecule has 14 heteroatoms. The Morgan fingerprint density at radius 2 is 1.23 bits per heavy atom. The Balaban J connectivity index is 0.000000189. The number of nitrogens with one attached hydrogen (secondary N) is 3. The lowest BCUT2D eigenvalue weighted by Gasteiger charge is -2.30. The van der Waals surface area contributed by atoms with Crippen LogP contribution in [0.5, 0.6) is 11.5 Å². The summed E-state index contributed by atoms with van der Waals surface area (Å²) < 4.78 is 59.6. The number of hydrogen-bond acceptors (Lipinski definition) is 10. The first kappa shape index (κ1) is 33.0. The highest BCUT2D eigenvalue weighted by Gasteiger charge is 2.25. The first-order valence-corrected chi connectivity index (χ1v) is 17.2. The third-order valence-corrected chi connectivity index (χ3v) is 9.30. The van der Waals surface area contributed by atoms with Gasteiger partial charge in [-0.3, -0.25) is 9.59 Å². The van der Waals surface area contributed by atoms with Gasteiger partial charge in [-0.2, -0.15) is 16.8 Å². The van der Waals surface area contributed by atoms with Crippen LogP contribution in [0.1, 0.15) is 13.8 Å². The van der Waals surface area contributed by atoms with Gasteiger partial charge >= 0.3 is 20.2 Å². The van der Waals surface area contributed by atoms with Gasteiger partial charge in [-0.25, -0.2) is 0 Å². The summed E-state index contributed by atoms with van der Waals surface area (Å²) in [4.78, 5) is 25.2. The molecule has 0 spiro atoms. The summed E-state index contributed by atoms with van der Waals surface area (Å²) in [7, 11) is -7.93. The standard InChI is InChI=1S/C19H20N2O4S.C14H12N2O4S/c1-14(2)10-11-21-13-19(22)20-17-12-16(8-9-18(17)21)26(23,24)25-15-6-4-3-5-7-15;17-14-9-15-12-7-6-11(8-13(12)16-14)21(18,19)20-10-4-2-1-3-5-10/h3-10,12H,11,13H2,1-2H3,(H,20,22);1-8,15H,9H2,(H,16,17). The van der Waals surface area contributed by atoms with Crippen molar-refractivity contribution < 1.29 is 34.8 Å². The van der Waals surface area contributed by atoms with Crippen molar-refractivity contribution in [3.63, 3.8) is 0 Å². The molecule has 2 aliphatic heterocycles. The van der Waals surface area contributed by atoms with Crippen LogP contribution in [0, 0.1) is 0 Å². The van der Waals surface area contributed by atoms with Crippen molar-refractivity contribution in [1.82, 2.24) is 0 Å². The number of nitrogens with zero attached hydrogens (tertiary/aromatic N) is 1. The van der Waals surface area contributed by atoms with Crippen molar-refractivity contribution >= 4 is 54.8 Å². The fourth-order valence-electron chi connectivity index (χ4n) is 4.56. The number of fused-ring (bicyclic) bond motifs is 2. The number of anilines is 4. The minimum atomic E-state index is -3.99. The van der Waals surface area contributed by atoms with E-state index < -0.39 is 20.2 Å². The van der Waals surface area contributed by atoms with Crippen molar-refractivity contribution in [1.29, 1.82) is 0 Å². The van der Waals surface area contributed by atoms with Crippen LogP contribution < -0.4 is 29.2 Å². The van der Waals surface area contributed by atoms with Crippen molar-refractivity contribution in [2.45, 2.75) is 23.6 Å². The van der Waals surface area contributed by atoms with Crippen LogP contribution >= 0.6 is 0 Å². The van der Waals surface area contributed by atoms with E-state index in [-0.39, 0.29) is 46.2 Å². The van der Waals surface area contributed by atoms with Gasteiger partial charge in [0.1, 0.15) is 21.3 Å². The number of amides is 2. The highest BCUT2D eigenvalue weighted by molar-refractivity contribution is 7.87. The van der Waals surface area contributed by atoms with E-state index >= 15 is 0 Å². The molecular weight excluding hydrogens is 645 g/mol. The highest BCUT2D eigenvalue weighted by Crippen LogP contribution is 2.33. The molecular formula is C33H32N4O8S2. The van der Waals surface area contributed by atoms with E-state index in [1.807, 2.05) is 24.8 Å². The molecule has 47 heavy (non-hydrogen) atoms. The molecule has 2 amide bonds. The molecule has 0 saturated heterocycles. The molecule has 0 aliphatic carbocycles. The summed E-state index contributed by atoms with van der Waals surface area (Å²) in [5, 5.41) is 8.24. The van der Waals surface area contributed by atoms with Gasteiger partial charge in [-0.05, 0) is 74.5 Å². The first-order valence-electron chi connectivity index (χ1n) is 14.4. The van der Waals surface area contributed by atoms with Gasteiger partial charge in [0.25, 0.3) is 0 Å². The normalized spacial score (nSPS) is 13.7. The lowest BCUT2D eigenvalue weighted by atomic mass is 10.2. The van der Waals surface area contributed by atoms with Crippen LogP contribution in [0.25, 0.3) is 0 Å². The fourth-order valence-corrected chi connectivity index (χ4v) is 6.47. The van der Waals surface area contributed by atoms with Crippen LogP contribution in [-0.4, -0.2) is 48.3 Å². The quantitative estimate of drug-likeness (QED) is 0.171. The third-order valence-electron chi connectivity index (χ3n) is 6.82. The van der Waals surface area contributed by atoms with E-state index in [1.54, 1.807) is 72.8 Å². The summed E-state index contributed by atoms with van der Waals surface area (Å²) >= 11 is 0. The molecule has 2 aliphatic rings. The minimum absolute atomic E-state index is 0.00975. The number of benzene rings is 4. The summed E-state index contributed by atoms with van der Waals surface area (Å²) in [6.45, 7) is 4.95. The Kier molecular flexibility index (Phi) is 9.82. The lowest BCUT2D eigenvalue weighted by Crippen LogP contribution is -2.38. The second-order valence-corrected chi connectivity index (χ2v) is 13.8. The maximum absolute atomic E-state index is 12.5. The van der Waals surface area contributed by atoms with Gasteiger partial charge in [-0.1, -0.05) is 48.0 Å². The zero-order valence-corrected chi connectivity index (χ0v) is 27.1.